The van der Waals surface area contributed by atoms with Crippen LogP contribution in [0.25, 0.3) is 0 Å². The van der Waals surface area contributed by atoms with E-state index in [1.165, 1.54) is 0 Å². The molecule has 0 bridgehead atoms. The highest BCUT2D eigenvalue weighted by Gasteiger charge is 2.25. The van der Waals surface area contributed by atoms with Gasteiger partial charge in [0.05, 0.1) is 0 Å². The van der Waals surface area contributed by atoms with E-state index in [1.807, 2.05) is 19.1 Å². The molecule has 0 aromatic carbocycles. The molecule has 1 unspecified atom stereocenters. The third-order valence-electron chi connectivity index (χ3n) is 3.62. The number of pyridine rings is 1. The summed E-state index contributed by atoms with van der Waals surface area (Å²) in [5.74, 6) is 0.989. The summed E-state index contributed by atoms with van der Waals surface area (Å²) < 4.78 is 0. The Bertz CT molecular complexity index is 461. The second-order valence-electron chi connectivity index (χ2n) is 5.12. The molecule has 1 aliphatic rings. The Kier molecular flexibility index (Phi) is 4.37. The van der Waals surface area contributed by atoms with Gasteiger partial charge in [-0.2, -0.15) is 0 Å². The van der Waals surface area contributed by atoms with E-state index in [-0.39, 0.29) is 12.4 Å². The van der Waals surface area contributed by atoms with Gasteiger partial charge in [-0.25, -0.2) is 4.98 Å². The Labute approximate surface area is 114 Å². The third-order valence-corrected chi connectivity index (χ3v) is 3.62. The lowest BCUT2D eigenvalue weighted by Crippen LogP contribution is -2.30. The summed E-state index contributed by atoms with van der Waals surface area (Å²) in [6.45, 7) is 3.16. The van der Waals surface area contributed by atoms with Gasteiger partial charge in [-0.1, -0.05) is 0 Å². The Morgan fingerprint density at radius 2 is 2.37 bits per heavy atom. The maximum absolute atomic E-state index is 8.97. The van der Waals surface area contributed by atoms with Crippen molar-refractivity contribution in [2.75, 3.05) is 18.1 Å². The van der Waals surface area contributed by atoms with Crippen LogP contribution in [0.5, 0.6) is 0 Å². The molecule has 104 valence electrons. The van der Waals surface area contributed by atoms with Gasteiger partial charge < -0.3 is 15.7 Å². The van der Waals surface area contributed by atoms with Gasteiger partial charge in [-0.3, -0.25) is 5.41 Å². The molecule has 1 atom stereocenters. The van der Waals surface area contributed by atoms with Gasteiger partial charge >= 0.3 is 0 Å². The van der Waals surface area contributed by atoms with Gasteiger partial charge in [0, 0.05) is 30.5 Å². The molecule has 1 aliphatic heterocycles. The summed E-state index contributed by atoms with van der Waals surface area (Å²) in [6.07, 6.45) is 4.11. The molecule has 1 aromatic rings. The number of aromatic nitrogens is 1. The molecule has 4 N–H and O–H groups in total. The van der Waals surface area contributed by atoms with E-state index in [4.69, 9.17) is 16.2 Å². The molecule has 1 saturated heterocycles. The Hall–Kier alpha value is -1.62. The predicted molar refractivity (Wildman–Crippen MR) is 76.7 cm³/mol. The number of rotatable bonds is 5. The molecule has 0 radical (unpaired) electrons. The standard InChI is InChI=1S/C14H22N4O/c1-10-8-11(14(15)16)9-13(17-10)18-6-2-4-12(18)5-3-7-19/h8-9,12,19H,2-7H2,1H3,(H3,15,16). The van der Waals surface area contributed by atoms with Gasteiger partial charge in [-0.05, 0) is 44.7 Å². The number of hydrogen-bond acceptors (Lipinski definition) is 4. The first-order valence-electron chi connectivity index (χ1n) is 6.82. The molecule has 1 aromatic heterocycles. The Morgan fingerprint density at radius 3 is 3.05 bits per heavy atom. The third kappa shape index (κ3) is 3.23. The lowest BCUT2D eigenvalue weighted by atomic mass is 10.1. The van der Waals surface area contributed by atoms with Crippen LogP contribution < -0.4 is 10.6 Å². The quantitative estimate of drug-likeness (QED) is 0.553. The number of nitrogens with one attached hydrogen (secondary N) is 1. The number of aryl methyl sites for hydroxylation is 1. The molecular weight excluding hydrogens is 240 g/mol. The summed E-state index contributed by atoms with van der Waals surface area (Å²) in [5.41, 5.74) is 7.19. The average molecular weight is 262 g/mol. The average Bonchev–Trinajstić information content (AvgIpc) is 2.83. The van der Waals surface area contributed by atoms with Crippen molar-refractivity contribution < 1.29 is 5.11 Å². The SMILES string of the molecule is Cc1cc(C(=N)N)cc(N2CCCC2CCCO)n1. The van der Waals surface area contributed by atoms with E-state index in [0.29, 0.717) is 6.04 Å². The summed E-state index contributed by atoms with van der Waals surface area (Å²) in [6, 6.07) is 4.18. The van der Waals surface area contributed by atoms with Crippen LogP contribution in [0, 0.1) is 12.3 Å². The molecule has 0 aliphatic carbocycles. The highest BCUT2D eigenvalue weighted by molar-refractivity contribution is 5.95. The topological polar surface area (TPSA) is 86.2 Å². The molecular formula is C14H22N4O. The number of aliphatic hydroxyl groups excluding tert-OH is 1. The molecule has 1 fully saturated rings. The molecule has 0 saturated carbocycles. The van der Waals surface area contributed by atoms with Gasteiger partial charge in [0.25, 0.3) is 0 Å². The van der Waals surface area contributed by atoms with Crippen LogP contribution in [0.15, 0.2) is 12.1 Å². The fourth-order valence-electron chi connectivity index (χ4n) is 2.72. The first kappa shape index (κ1) is 13.8. The predicted octanol–water partition coefficient (Wildman–Crippen LogP) is 1.42. The van der Waals surface area contributed by atoms with Crippen LogP contribution in [0.1, 0.15) is 36.9 Å². The van der Waals surface area contributed by atoms with Crippen molar-refractivity contribution in [3.8, 4) is 0 Å². The van der Waals surface area contributed by atoms with Gasteiger partial charge in [0.15, 0.2) is 0 Å². The van der Waals surface area contributed by atoms with E-state index in [2.05, 4.69) is 9.88 Å². The second-order valence-corrected chi connectivity index (χ2v) is 5.12. The Balaban J connectivity index is 2.22. The maximum atomic E-state index is 8.97. The zero-order chi connectivity index (χ0) is 13.8. The first-order valence-corrected chi connectivity index (χ1v) is 6.82. The molecule has 0 spiro atoms. The molecule has 0 amide bonds. The molecule has 2 heterocycles. The lowest BCUT2D eigenvalue weighted by Gasteiger charge is -2.26. The van der Waals surface area contributed by atoms with Crippen LogP contribution in [0.4, 0.5) is 5.82 Å². The lowest BCUT2D eigenvalue weighted by molar-refractivity contribution is 0.279. The molecule has 5 nitrogen and oxygen atoms in total. The Morgan fingerprint density at radius 1 is 1.58 bits per heavy atom. The number of nitrogens with zero attached hydrogens (tertiary/aromatic N) is 2. The first-order chi connectivity index (χ1) is 9.11. The second kappa shape index (κ2) is 6.02. The van der Waals surface area contributed by atoms with E-state index in [9.17, 15) is 0 Å². The van der Waals surface area contributed by atoms with Crippen LogP contribution in [0.3, 0.4) is 0 Å². The smallest absolute Gasteiger partial charge is 0.129 e. The number of hydrogen-bond donors (Lipinski definition) is 3. The van der Waals surface area contributed by atoms with Crippen molar-refractivity contribution in [1.29, 1.82) is 5.41 Å². The number of nitrogen functional groups attached to an aromatic ring is 1. The van der Waals surface area contributed by atoms with Gasteiger partial charge in [0.2, 0.25) is 0 Å². The fourth-order valence-corrected chi connectivity index (χ4v) is 2.72. The zero-order valence-electron chi connectivity index (χ0n) is 11.4. The number of nitrogens with two attached hydrogens (primary N) is 1. The highest BCUT2D eigenvalue weighted by atomic mass is 16.2. The van der Waals surface area contributed by atoms with Crippen molar-refractivity contribution in [3.63, 3.8) is 0 Å². The minimum Gasteiger partial charge on any atom is -0.396 e. The number of aliphatic hydroxyl groups is 1. The zero-order valence-corrected chi connectivity index (χ0v) is 11.4. The van der Waals surface area contributed by atoms with Crippen LogP contribution in [-0.2, 0) is 0 Å². The van der Waals surface area contributed by atoms with E-state index in [0.717, 1.165) is 49.3 Å². The van der Waals surface area contributed by atoms with E-state index >= 15 is 0 Å². The molecule has 2 rings (SSSR count). The molecule has 19 heavy (non-hydrogen) atoms. The van der Waals surface area contributed by atoms with Crippen LogP contribution in [-0.4, -0.2) is 35.1 Å². The minimum absolute atomic E-state index is 0.0813. The van der Waals surface area contributed by atoms with Crippen LogP contribution in [0.2, 0.25) is 0 Å². The van der Waals surface area contributed by atoms with Gasteiger partial charge in [-0.15, -0.1) is 0 Å². The van der Waals surface area contributed by atoms with Gasteiger partial charge in [0.1, 0.15) is 11.7 Å². The monoisotopic (exact) mass is 262 g/mol. The van der Waals surface area contributed by atoms with Crippen molar-refractivity contribution in [2.24, 2.45) is 5.73 Å². The summed E-state index contributed by atoms with van der Waals surface area (Å²) in [5, 5.41) is 16.5. The van der Waals surface area contributed by atoms with Crippen molar-refractivity contribution in [1.82, 2.24) is 4.98 Å². The highest BCUT2D eigenvalue weighted by Crippen LogP contribution is 2.27. The largest absolute Gasteiger partial charge is 0.396 e. The summed E-state index contributed by atoms with van der Waals surface area (Å²) in [4.78, 5) is 6.85. The van der Waals surface area contributed by atoms with Crippen LogP contribution >= 0.6 is 0 Å². The maximum Gasteiger partial charge on any atom is 0.129 e. The fraction of sp³-hybridized carbons (Fsp3) is 0.571. The summed E-state index contributed by atoms with van der Waals surface area (Å²) in [7, 11) is 0. The van der Waals surface area contributed by atoms with Crippen molar-refractivity contribution in [3.05, 3.63) is 23.4 Å². The number of anilines is 1. The van der Waals surface area contributed by atoms with Crippen molar-refractivity contribution >= 4 is 11.7 Å². The van der Waals surface area contributed by atoms with E-state index < -0.39 is 0 Å². The van der Waals surface area contributed by atoms with Crippen molar-refractivity contribution in [2.45, 2.75) is 38.6 Å². The molecule has 5 heteroatoms. The van der Waals surface area contributed by atoms with E-state index in [1.54, 1.807) is 0 Å². The number of amidine groups is 1. The summed E-state index contributed by atoms with van der Waals surface area (Å²) >= 11 is 0. The normalized spacial score (nSPS) is 18.8. The minimum atomic E-state index is 0.0813.